The second-order valence-corrected chi connectivity index (χ2v) is 10.1. The van der Waals surface area contributed by atoms with E-state index in [1.807, 2.05) is 34.5 Å². The normalized spacial score (nSPS) is 17.1. The van der Waals surface area contributed by atoms with Gasteiger partial charge in [0.05, 0.1) is 16.9 Å². The van der Waals surface area contributed by atoms with Crippen molar-refractivity contribution in [1.29, 1.82) is 0 Å². The van der Waals surface area contributed by atoms with Gasteiger partial charge in [-0.15, -0.1) is 11.3 Å². The average Bonchev–Trinajstić information content (AvgIpc) is 3.46. The number of likely N-dealkylation sites (tertiary alicyclic amines) is 1. The number of nitrogen functional groups attached to an aromatic ring is 1. The molecule has 10 heteroatoms. The second kappa shape index (κ2) is 11.0. The number of thiophene rings is 1. The van der Waals surface area contributed by atoms with Gasteiger partial charge in [0.1, 0.15) is 0 Å². The van der Waals surface area contributed by atoms with Gasteiger partial charge in [-0.2, -0.15) is 0 Å². The monoisotopic (exact) mass is 506 g/mol. The van der Waals surface area contributed by atoms with Crippen molar-refractivity contribution >= 4 is 40.5 Å². The number of ether oxygens (including phenoxy) is 1. The molecular weight excluding hydrogens is 476 g/mol. The van der Waals surface area contributed by atoms with Crippen molar-refractivity contribution in [1.82, 2.24) is 14.9 Å². The number of carbonyl (C=O) groups is 2. The minimum Gasteiger partial charge on any atom is -0.397 e. The molecule has 0 aliphatic carbocycles. The van der Waals surface area contributed by atoms with Crippen molar-refractivity contribution in [3.8, 4) is 10.4 Å². The summed E-state index contributed by atoms with van der Waals surface area (Å²) >= 11 is 1.63. The fraction of sp³-hybridized carbons (Fsp3) is 0.385. The topological polar surface area (TPSA) is 122 Å². The summed E-state index contributed by atoms with van der Waals surface area (Å²) < 4.78 is 5.37. The molecule has 0 radical (unpaired) electrons. The van der Waals surface area contributed by atoms with Crippen LogP contribution in [0.1, 0.15) is 36.0 Å². The first-order valence-electron chi connectivity index (χ1n) is 12.3. The summed E-state index contributed by atoms with van der Waals surface area (Å²) in [6, 6.07) is 9.79. The third-order valence-corrected chi connectivity index (χ3v) is 7.65. The van der Waals surface area contributed by atoms with E-state index in [1.165, 1.54) is 12.4 Å². The summed E-state index contributed by atoms with van der Waals surface area (Å²) in [5, 5.41) is 8.21. The summed E-state index contributed by atoms with van der Waals surface area (Å²) in [4.78, 5) is 37.3. The number of nitrogens with one attached hydrogen (secondary N) is 2. The summed E-state index contributed by atoms with van der Waals surface area (Å²) in [6.07, 6.45) is 6.32. The van der Waals surface area contributed by atoms with Crippen LogP contribution in [0.4, 0.5) is 17.3 Å². The highest BCUT2D eigenvalue weighted by Crippen LogP contribution is 2.30. The van der Waals surface area contributed by atoms with Crippen LogP contribution in [-0.2, 0) is 9.53 Å². The maximum atomic E-state index is 12.8. The van der Waals surface area contributed by atoms with E-state index in [2.05, 4.69) is 20.6 Å². The van der Waals surface area contributed by atoms with Gasteiger partial charge >= 0.3 is 0 Å². The average molecular weight is 507 g/mol. The predicted octanol–water partition coefficient (Wildman–Crippen LogP) is 3.87. The Balaban J connectivity index is 1.14. The van der Waals surface area contributed by atoms with Gasteiger partial charge in [-0.25, -0.2) is 9.97 Å². The standard InChI is InChI=1S/C26H30N6O3S/c27-21-4-3-18(23-2-1-13-36-23)14-22(21)31-24(33)19-15-28-26(29-16-19)30-20-5-9-32(10-6-20)25(34)17-7-11-35-12-8-17/h1-4,13-17,20H,5-12,27H2,(H,31,33)(H,28,29,30). The number of benzene rings is 1. The van der Waals surface area contributed by atoms with Gasteiger partial charge in [-0.05, 0) is 54.8 Å². The fourth-order valence-electron chi connectivity index (χ4n) is 4.60. The van der Waals surface area contributed by atoms with E-state index >= 15 is 0 Å². The van der Waals surface area contributed by atoms with Crippen LogP contribution in [0.15, 0.2) is 48.1 Å². The molecule has 5 rings (SSSR count). The zero-order valence-corrected chi connectivity index (χ0v) is 20.8. The zero-order valence-electron chi connectivity index (χ0n) is 20.0. The maximum Gasteiger partial charge on any atom is 0.258 e. The van der Waals surface area contributed by atoms with Crippen LogP contribution >= 0.6 is 11.3 Å². The Bertz CT molecular complexity index is 1190. The molecule has 9 nitrogen and oxygen atoms in total. The van der Waals surface area contributed by atoms with Crippen LogP contribution in [0.5, 0.6) is 0 Å². The Kier molecular flexibility index (Phi) is 7.43. The van der Waals surface area contributed by atoms with Gasteiger partial charge in [0.15, 0.2) is 0 Å². The molecule has 0 bridgehead atoms. The number of nitrogens with two attached hydrogens (primary N) is 1. The van der Waals surface area contributed by atoms with Crippen LogP contribution in [0, 0.1) is 5.92 Å². The first-order valence-corrected chi connectivity index (χ1v) is 13.1. The third-order valence-electron chi connectivity index (χ3n) is 6.73. The molecule has 4 heterocycles. The molecule has 3 aromatic rings. The van der Waals surface area contributed by atoms with Crippen molar-refractivity contribution < 1.29 is 14.3 Å². The van der Waals surface area contributed by atoms with E-state index in [0.717, 1.165) is 49.2 Å². The fourth-order valence-corrected chi connectivity index (χ4v) is 5.33. The molecule has 2 fully saturated rings. The molecule has 2 saturated heterocycles. The highest BCUT2D eigenvalue weighted by atomic mass is 32.1. The molecule has 0 unspecified atom stereocenters. The summed E-state index contributed by atoms with van der Waals surface area (Å²) in [5.41, 5.74) is 8.46. The highest BCUT2D eigenvalue weighted by molar-refractivity contribution is 7.13. The Morgan fingerprint density at radius 3 is 2.50 bits per heavy atom. The van der Waals surface area contributed by atoms with Crippen LogP contribution in [0.3, 0.4) is 0 Å². The van der Waals surface area contributed by atoms with E-state index < -0.39 is 0 Å². The predicted molar refractivity (Wildman–Crippen MR) is 141 cm³/mol. The molecule has 2 aromatic heterocycles. The van der Waals surface area contributed by atoms with Gasteiger partial charge in [0, 0.05) is 55.5 Å². The Morgan fingerprint density at radius 1 is 1.06 bits per heavy atom. The zero-order chi connectivity index (χ0) is 24.9. The Labute approximate surface area is 214 Å². The number of hydrogen-bond donors (Lipinski definition) is 3. The molecule has 36 heavy (non-hydrogen) atoms. The van der Waals surface area contributed by atoms with E-state index in [1.54, 1.807) is 17.4 Å². The van der Waals surface area contributed by atoms with Gasteiger partial charge < -0.3 is 26.0 Å². The van der Waals surface area contributed by atoms with Crippen molar-refractivity contribution in [2.45, 2.75) is 31.7 Å². The van der Waals surface area contributed by atoms with Gasteiger partial charge in [-0.3, -0.25) is 9.59 Å². The number of anilines is 3. The lowest BCUT2D eigenvalue weighted by molar-refractivity contribution is -0.139. The number of amides is 2. The molecular formula is C26H30N6O3S. The number of carbonyl (C=O) groups excluding carboxylic acids is 2. The van der Waals surface area contributed by atoms with Crippen LogP contribution in [0.2, 0.25) is 0 Å². The Hall–Kier alpha value is -3.50. The number of piperidine rings is 1. The first kappa shape index (κ1) is 24.2. The van der Waals surface area contributed by atoms with Gasteiger partial charge in [0.2, 0.25) is 11.9 Å². The summed E-state index contributed by atoms with van der Waals surface area (Å²) in [7, 11) is 0. The van der Waals surface area contributed by atoms with Crippen LogP contribution in [-0.4, -0.2) is 59.0 Å². The van der Waals surface area contributed by atoms with Crippen molar-refractivity contribution in [2.24, 2.45) is 5.92 Å². The van der Waals surface area contributed by atoms with Crippen molar-refractivity contribution in [3.05, 3.63) is 53.7 Å². The minimum atomic E-state index is -0.323. The van der Waals surface area contributed by atoms with Crippen molar-refractivity contribution in [2.75, 3.05) is 42.7 Å². The maximum absolute atomic E-state index is 12.8. The SMILES string of the molecule is Nc1ccc(-c2cccs2)cc1NC(=O)c1cnc(NC2CCN(C(=O)C3CCOCC3)CC2)nc1. The molecule has 0 spiro atoms. The van der Waals surface area contributed by atoms with Crippen LogP contribution in [0.25, 0.3) is 10.4 Å². The van der Waals surface area contributed by atoms with Crippen LogP contribution < -0.4 is 16.4 Å². The summed E-state index contributed by atoms with van der Waals surface area (Å²) in [6.45, 7) is 2.80. The molecule has 0 atom stereocenters. The molecule has 4 N–H and O–H groups in total. The van der Waals surface area contributed by atoms with E-state index in [4.69, 9.17) is 10.5 Å². The van der Waals surface area contributed by atoms with E-state index in [9.17, 15) is 9.59 Å². The lowest BCUT2D eigenvalue weighted by atomic mass is 9.96. The number of nitrogens with zero attached hydrogens (tertiary/aromatic N) is 3. The molecule has 188 valence electrons. The molecule has 0 saturated carbocycles. The van der Waals surface area contributed by atoms with E-state index in [-0.39, 0.29) is 23.8 Å². The highest BCUT2D eigenvalue weighted by Gasteiger charge is 2.29. The molecule has 2 aliphatic rings. The Morgan fingerprint density at radius 2 is 1.81 bits per heavy atom. The number of aromatic nitrogens is 2. The molecule has 1 aromatic carbocycles. The second-order valence-electron chi connectivity index (χ2n) is 9.16. The largest absolute Gasteiger partial charge is 0.397 e. The van der Waals surface area contributed by atoms with Gasteiger partial charge in [-0.1, -0.05) is 12.1 Å². The number of rotatable bonds is 6. The summed E-state index contributed by atoms with van der Waals surface area (Å²) in [5.74, 6) is 0.500. The lowest BCUT2D eigenvalue weighted by Gasteiger charge is -2.35. The third kappa shape index (κ3) is 5.66. The quantitative estimate of drug-likeness (QED) is 0.434. The lowest BCUT2D eigenvalue weighted by Crippen LogP contribution is -2.45. The molecule has 2 amide bonds. The minimum absolute atomic E-state index is 0.0961. The van der Waals surface area contributed by atoms with Crippen molar-refractivity contribution in [3.63, 3.8) is 0 Å². The number of hydrogen-bond acceptors (Lipinski definition) is 8. The first-order chi connectivity index (χ1) is 17.6. The van der Waals surface area contributed by atoms with E-state index in [0.29, 0.717) is 36.1 Å². The smallest absolute Gasteiger partial charge is 0.258 e. The molecule has 2 aliphatic heterocycles. The van der Waals surface area contributed by atoms with Gasteiger partial charge in [0.25, 0.3) is 5.91 Å².